The molecule has 20 heavy (non-hydrogen) atoms. The summed E-state index contributed by atoms with van der Waals surface area (Å²) in [6.07, 6.45) is -0.372. The predicted octanol–water partition coefficient (Wildman–Crippen LogP) is 2.23. The molecule has 1 aromatic carbocycles. The first-order valence-corrected chi connectivity index (χ1v) is 6.21. The number of rotatable bonds is 5. The van der Waals surface area contributed by atoms with Crippen LogP contribution in [0, 0.1) is 6.92 Å². The highest BCUT2D eigenvalue weighted by Crippen LogP contribution is 2.16. The van der Waals surface area contributed by atoms with Gasteiger partial charge in [0.2, 0.25) is 0 Å². The Balaban J connectivity index is 1.91. The zero-order valence-electron chi connectivity index (χ0n) is 11.6. The van der Waals surface area contributed by atoms with E-state index in [9.17, 15) is 4.79 Å². The van der Waals surface area contributed by atoms with E-state index in [2.05, 4.69) is 10.1 Å². The number of ether oxygens (including phenoxy) is 2. The van der Waals surface area contributed by atoms with Crippen LogP contribution in [-0.4, -0.2) is 23.2 Å². The quantitative estimate of drug-likeness (QED) is 0.780. The Morgan fingerprint density at radius 3 is 2.60 bits per heavy atom. The van der Waals surface area contributed by atoms with Crippen molar-refractivity contribution in [2.75, 3.05) is 7.11 Å². The summed E-state index contributed by atoms with van der Waals surface area (Å²) in [6, 6.07) is 7.24. The number of hydrogen-bond donors (Lipinski definition) is 0. The van der Waals surface area contributed by atoms with Crippen molar-refractivity contribution in [3.05, 3.63) is 41.5 Å². The third-order valence-corrected chi connectivity index (χ3v) is 2.71. The van der Waals surface area contributed by atoms with Crippen molar-refractivity contribution in [3.63, 3.8) is 0 Å². The molecule has 0 amide bonds. The molecule has 0 saturated carbocycles. The molecule has 2 rings (SSSR count). The molecule has 106 valence electrons. The minimum absolute atomic E-state index is 0.182. The highest BCUT2D eigenvalue weighted by atomic mass is 16.6. The monoisotopic (exact) mass is 276 g/mol. The molecule has 0 aliphatic heterocycles. The van der Waals surface area contributed by atoms with E-state index in [-0.39, 0.29) is 12.4 Å². The molecule has 1 heterocycles. The largest absolute Gasteiger partial charge is 0.497 e. The molecule has 0 aliphatic rings. The van der Waals surface area contributed by atoms with Crippen LogP contribution in [0.25, 0.3) is 0 Å². The van der Waals surface area contributed by atoms with Crippen LogP contribution >= 0.6 is 0 Å². The molecule has 1 atom stereocenters. The van der Waals surface area contributed by atoms with E-state index in [1.807, 2.05) is 12.1 Å². The fourth-order valence-electron chi connectivity index (χ4n) is 1.68. The lowest BCUT2D eigenvalue weighted by Crippen LogP contribution is -2.11. The number of aromatic nitrogens is 2. The molecular weight excluding hydrogens is 260 g/mol. The Hall–Kier alpha value is -2.37. The van der Waals surface area contributed by atoms with Crippen LogP contribution < -0.4 is 4.74 Å². The first-order chi connectivity index (χ1) is 9.58. The van der Waals surface area contributed by atoms with E-state index in [0.717, 1.165) is 11.3 Å². The summed E-state index contributed by atoms with van der Waals surface area (Å²) >= 11 is 0. The third kappa shape index (κ3) is 3.57. The van der Waals surface area contributed by atoms with Crippen LogP contribution in [-0.2, 0) is 16.0 Å². The van der Waals surface area contributed by atoms with E-state index in [4.69, 9.17) is 14.0 Å². The van der Waals surface area contributed by atoms with Gasteiger partial charge in [0.25, 0.3) is 5.89 Å². The summed E-state index contributed by atoms with van der Waals surface area (Å²) in [7, 11) is 1.59. The van der Waals surface area contributed by atoms with Gasteiger partial charge in [-0.05, 0) is 31.5 Å². The molecule has 0 radical (unpaired) electrons. The lowest BCUT2D eigenvalue weighted by Gasteiger charge is -2.09. The number of carbonyl (C=O) groups excluding carboxylic acids is 1. The Labute approximate surface area is 116 Å². The molecule has 0 spiro atoms. The number of nitrogens with zero attached hydrogens (tertiary/aromatic N) is 2. The lowest BCUT2D eigenvalue weighted by molar-refractivity contribution is -0.148. The molecule has 0 saturated heterocycles. The second-order valence-electron chi connectivity index (χ2n) is 4.34. The average Bonchev–Trinajstić information content (AvgIpc) is 2.86. The van der Waals surface area contributed by atoms with E-state index >= 15 is 0 Å². The van der Waals surface area contributed by atoms with Crippen molar-refractivity contribution >= 4 is 5.97 Å². The molecule has 0 fully saturated rings. The number of hydrogen-bond acceptors (Lipinski definition) is 6. The van der Waals surface area contributed by atoms with Crippen molar-refractivity contribution < 1.29 is 18.8 Å². The zero-order chi connectivity index (χ0) is 14.5. The number of methoxy groups -OCH3 is 1. The zero-order valence-corrected chi connectivity index (χ0v) is 11.6. The fraction of sp³-hybridized carbons (Fsp3) is 0.357. The summed E-state index contributed by atoms with van der Waals surface area (Å²) in [6.45, 7) is 3.40. The molecule has 0 bridgehead atoms. The van der Waals surface area contributed by atoms with Crippen molar-refractivity contribution in [3.8, 4) is 5.75 Å². The van der Waals surface area contributed by atoms with Crippen molar-refractivity contribution in [2.24, 2.45) is 0 Å². The molecule has 0 N–H and O–H groups in total. The van der Waals surface area contributed by atoms with Gasteiger partial charge in [0.1, 0.15) is 5.75 Å². The Morgan fingerprint density at radius 1 is 1.35 bits per heavy atom. The van der Waals surface area contributed by atoms with E-state index in [0.29, 0.717) is 11.7 Å². The summed E-state index contributed by atoms with van der Waals surface area (Å²) in [4.78, 5) is 15.8. The van der Waals surface area contributed by atoms with Crippen LogP contribution in [0.1, 0.15) is 30.3 Å². The molecule has 1 unspecified atom stereocenters. The standard InChI is InChI=1S/C14H16N2O4/c1-9(14-15-10(2)16-20-14)19-13(17)8-11-4-6-12(18-3)7-5-11/h4-7,9H,8H2,1-3H3. The molecule has 0 aliphatic carbocycles. The van der Waals surface area contributed by atoms with Crippen LogP contribution in [0.3, 0.4) is 0 Å². The first-order valence-electron chi connectivity index (χ1n) is 6.21. The van der Waals surface area contributed by atoms with Gasteiger partial charge < -0.3 is 14.0 Å². The second-order valence-corrected chi connectivity index (χ2v) is 4.34. The van der Waals surface area contributed by atoms with Crippen LogP contribution in [0.5, 0.6) is 5.75 Å². The van der Waals surface area contributed by atoms with Crippen LogP contribution in [0.4, 0.5) is 0 Å². The van der Waals surface area contributed by atoms with Gasteiger partial charge in [-0.25, -0.2) is 0 Å². The van der Waals surface area contributed by atoms with E-state index < -0.39 is 6.10 Å². The van der Waals surface area contributed by atoms with Crippen molar-refractivity contribution in [1.29, 1.82) is 0 Å². The van der Waals surface area contributed by atoms with Gasteiger partial charge in [-0.1, -0.05) is 17.3 Å². The number of esters is 1. The van der Waals surface area contributed by atoms with Gasteiger partial charge in [0.15, 0.2) is 11.9 Å². The van der Waals surface area contributed by atoms with Crippen LogP contribution in [0.2, 0.25) is 0 Å². The van der Waals surface area contributed by atoms with Crippen molar-refractivity contribution in [2.45, 2.75) is 26.4 Å². The van der Waals surface area contributed by atoms with Gasteiger partial charge in [-0.15, -0.1) is 0 Å². The third-order valence-electron chi connectivity index (χ3n) is 2.71. The summed E-state index contributed by atoms with van der Waals surface area (Å²) in [5.41, 5.74) is 0.852. The SMILES string of the molecule is COc1ccc(CC(=O)OC(C)c2nc(C)no2)cc1. The minimum Gasteiger partial charge on any atom is -0.497 e. The Bertz CT molecular complexity index is 577. The maximum absolute atomic E-state index is 11.8. The number of benzene rings is 1. The minimum atomic E-state index is -0.554. The summed E-state index contributed by atoms with van der Waals surface area (Å²) < 4.78 is 15.3. The fourth-order valence-corrected chi connectivity index (χ4v) is 1.68. The maximum Gasteiger partial charge on any atom is 0.311 e. The second kappa shape index (κ2) is 6.18. The number of carbonyl (C=O) groups is 1. The maximum atomic E-state index is 11.8. The van der Waals surface area contributed by atoms with Crippen molar-refractivity contribution in [1.82, 2.24) is 10.1 Å². The highest BCUT2D eigenvalue weighted by Gasteiger charge is 2.17. The Morgan fingerprint density at radius 2 is 2.05 bits per heavy atom. The molecule has 1 aromatic heterocycles. The number of aryl methyl sites for hydroxylation is 1. The van der Waals surface area contributed by atoms with Gasteiger partial charge in [0.05, 0.1) is 13.5 Å². The molecular formula is C14H16N2O4. The molecule has 2 aromatic rings. The predicted molar refractivity (Wildman–Crippen MR) is 70.2 cm³/mol. The van der Waals surface area contributed by atoms with E-state index in [1.54, 1.807) is 33.1 Å². The Kier molecular flexibility index (Phi) is 4.34. The van der Waals surface area contributed by atoms with Gasteiger partial charge in [-0.2, -0.15) is 4.98 Å². The topological polar surface area (TPSA) is 74.5 Å². The summed E-state index contributed by atoms with van der Waals surface area (Å²) in [5.74, 6) is 1.21. The van der Waals surface area contributed by atoms with Gasteiger partial charge in [-0.3, -0.25) is 4.79 Å². The van der Waals surface area contributed by atoms with Crippen LogP contribution in [0.15, 0.2) is 28.8 Å². The smallest absolute Gasteiger partial charge is 0.311 e. The normalized spacial score (nSPS) is 11.9. The lowest BCUT2D eigenvalue weighted by atomic mass is 10.1. The summed E-state index contributed by atoms with van der Waals surface area (Å²) in [5, 5.41) is 3.66. The highest BCUT2D eigenvalue weighted by molar-refractivity contribution is 5.72. The van der Waals surface area contributed by atoms with Gasteiger partial charge in [0, 0.05) is 0 Å². The van der Waals surface area contributed by atoms with Gasteiger partial charge >= 0.3 is 5.97 Å². The first kappa shape index (κ1) is 14.0. The molecule has 6 nitrogen and oxygen atoms in total. The molecule has 6 heteroatoms. The van der Waals surface area contributed by atoms with E-state index in [1.165, 1.54) is 0 Å². The average molecular weight is 276 g/mol.